The molecule has 1 aliphatic carbocycles. The lowest BCUT2D eigenvalue weighted by Gasteiger charge is -2.19. The van der Waals surface area contributed by atoms with Gasteiger partial charge in [0.25, 0.3) is 0 Å². The Labute approximate surface area is 208 Å². The van der Waals surface area contributed by atoms with Crippen LogP contribution in [0.5, 0.6) is 0 Å². The number of hydrogen-bond donors (Lipinski definition) is 2. The summed E-state index contributed by atoms with van der Waals surface area (Å²) in [5.74, 6) is 0. The Bertz CT molecular complexity index is 1470. The minimum absolute atomic E-state index is 0.337. The van der Waals surface area contributed by atoms with Gasteiger partial charge in [-0.15, -0.1) is 11.3 Å². The first-order valence-corrected chi connectivity index (χ1v) is 13.8. The maximum Gasteiger partial charge on any atom is 0.215 e. The van der Waals surface area contributed by atoms with Crippen LogP contribution in [0.25, 0.3) is 21.3 Å². The van der Waals surface area contributed by atoms with Crippen LogP contribution in [0.2, 0.25) is 5.02 Å². The average Bonchev–Trinajstić information content (AvgIpc) is 3.57. The Balaban J connectivity index is 1.63. The first-order valence-electron chi connectivity index (χ1n) is 11.1. The van der Waals surface area contributed by atoms with Crippen LogP contribution >= 0.6 is 22.9 Å². The summed E-state index contributed by atoms with van der Waals surface area (Å²) in [6.45, 7) is 3.49. The van der Waals surface area contributed by atoms with E-state index in [9.17, 15) is 13.5 Å². The van der Waals surface area contributed by atoms with Gasteiger partial charge < -0.3 is 5.11 Å². The Kier molecular flexibility index (Phi) is 6.02. The molecular weight excluding hydrogens is 488 g/mol. The molecule has 2 aromatic carbocycles. The minimum atomic E-state index is -3.46. The van der Waals surface area contributed by atoms with E-state index < -0.39 is 21.7 Å². The predicted octanol–water partition coefficient (Wildman–Crippen LogP) is 6.02. The van der Waals surface area contributed by atoms with Crippen LogP contribution in [0.3, 0.4) is 0 Å². The molecule has 8 heteroatoms. The SMILES string of the molecule is CC(C)(O)c1ccnc(-c2cccc3cc([C@H](NS(=O)(=O)C4CC4)c4ccccc4Cl)sc23)c1. The fourth-order valence-electron chi connectivity index (χ4n) is 4.01. The third kappa shape index (κ3) is 4.63. The predicted molar refractivity (Wildman–Crippen MR) is 139 cm³/mol. The number of halogens is 1. The molecule has 34 heavy (non-hydrogen) atoms. The molecule has 2 heterocycles. The highest BCUT2D eigenvalue weighted by atomic mass is 35.5. The van der Waals surface area contributed by atoms with Gasteiger partial charge in [-0.3, -0.25) is 4.98 Å². The minimum Gasteiger partial charge on any atom is -0.386 e. The lowest BCUT2D eigenvalue weighted by Crippen LogP contribution is -2.31. The molecule has 2 aromatic heterocycles. The zero-order valence-electron chi connectivity index (χ0n) is 18.8. The normalized spacial score (nSPS) is 15.5. The van der Waals surface area contributed by atoms with E-state index in [1.807, 2.05) is 54.6 Å². The summed E-state index contributed by atoms with van der Waals surface area (Å²) in [5.41, 5.74) is 2.21. The highest BCUT2D eigenvalue weighted by molar-refractivity contribution is 7.90. The number of thiophene rings is 1. The molecule has 0 unspecified atom stereocenters. The average molecular weight is 513 g/mol. The summed E-state index contributed by atoms with van der Waals surface area (Å²) in [6.07, 6.45) is 3.07. The number of pyridine rings is 1. The van der Waals surface area contributed by atoms with Gasteiger partial charge in [0.05, 0.1) is 22.6 Å². The molecule has 176 valence electrons. The number of nitrogens with zero attached hydrogens (tertiary/aromatic N) is 1. The van der Waals surface area contributed by atoms with Crippen LogP contribution in [0.4, 0.5) is 0 Å². The zero-order chi connectivity index (χ0) is 24.1. The first kappa shape index (κ1) is 23.5. The Hall–Kier alpha value is -2.29. The van der Waals surface area contributed by atoms with Crippen LogP contribution in [0.1, 0.15) is 48.7 Å². The number of rotatable bonds is 7. The van der Waals surface area contributed by atoms with Crippen molar-refractivity contribution in [3.05, 3.63) is 87.9 Å². The van der Waals surface area contributed by atoms with E-state index in [0.717, 1.165) is 37.3 Å². The van der Waals surface area contributed by atoms with Gasteiger partial charge in [0.1, 0.15) is 0 Å². The van der Waals surface area contributed by atoms with E-state index in [-0.39, 0.29) is 5.25 Å². The summed E-state index contributed by atoms with van der Waals surface area (Å²) in [5, 5.41) is 11.6. The van der Waals surface area contributed by atoms with Crippen molar-refractivity contribution in [2.45, 2.75) is 43.6 Å². The molecule has 0 aliphatic heterocycles. The lowest BCUT2D eigenvalue weighted by molar-refractivity contribution is 0.0785. The molecule has 0 saturated heterocycles. The van der Waals surface area contributed by atoms with Gasteiger partial charge in [-0.25, -0.2) is 13.1 Å². The number of benzene rings is 2. The Morgan fingerprint density at radius 3 is 2.59 bits per heavy atom. The third-order valence-electron chi connectivity index (χ3n) is 6.05. The maximum absolute atomic E-state index is 12.9. The van der Waals surface area contributed by atoms with Crippen LogP contribution in [0.15, 0.2) is 66.9 Å². The summed E-state index contributed by atoms with van der Waals surface area (Å²) in [7, 11) is -3.46. The second-order valence-electron chi connectivity index (χ2n) is 9.18. The quantitative estimate of drug-likeness (QED) is 0.317. The zero-order valence-corrected chi connectivity index (χ0v) is 21.2. The molecule has 1 aliphatic rings. The summed E-state index contributed by atoms with van der Waals surface area (Å²) in [4.78, 5) is 5.41. The molecular formula is C26H25ClN2O3S2. The third-order valence-corrected chi connectivity index (χ3v) is 9.56. The number of aliphatic hydroxyl groups is 1. The molecule has 0 amide bonds. The molecule has 1 atom stereocenters. The molecule has 0 spiro atoms. The Morgan fingerprint density at radius 2 is 1.88 bits per heavy atom. The Morgan fingerprint density at radius 1 is 1.12 bits per heavy atom. The first-order chi connectivity index (χ1) is 16.1. The van der Waals surface area contributed by atoms with Gasteiger partial charge >= 0.3 is 0 Å². The van der Waals surface area contributed by atoms with Crippen molar-refractivity contribution in [2.75, 3.05) is 0 Å². The fraction of sp³-hybridized carbons (Fsp3) is 0.269. The van der Waals surface area contributed by atoms with Crippen molar-refractivity contribution in [1.82, 2.24) is 9.71 Å². The van der Waals surface area contributed by atoms with Crippen LogP contribution in [0, 0.1) is 0 Å². The van der Waals surface area contributed by atoms with E-state index in [0.29, 0.717) is 17.9 Å². The van der Waals surface area contributed by atoms with Crippen molar-refractivity contribution in [2.24, 2.45) is 0 Å². The van der Waals surface area contributed by atoms with Crippen molar-refractivity contribution < 1.29 is 13.5 Å². The van der Waals surface area contributed by atoms with Gasteiger partial charge in [0.2, 0.25) is 10.0 Å². The molecule has 1 saturated carbocycles. The topological polar surface area (TPSA) is 79.3 Å². The number of aromatic nitrogens is 1. The monoisotopic (exact) mass is 512 g/mol. The fourth-order valence-corrected chi connectivity index (χ4v) is 7.11. The van der Waals surface area contributed by atoms with Crippen molar-refractivity contribution >= 4 is 43.0 Å². The van der Waals surface area contributed by atoms with E-state index in [1.54, 1.807) is 26.1 Å². The molecule has 1 fully saturated rings. The summed E-state index contributed by atoms with van der Waals surface area (Å²) in [6, 6.07) is 18.5. The van der Waals surface area contributed by atoms with Crippen molar-refractivity contribution in [1.29, 1.82) is 0 Å². The van der Waals surface area contributed by atoms with Gasteiger partial charge in [0, 0.05) is 26.4 Å². The van der Waals surface area contributed by atoms with Gasteiger partial charge in [0.15, 0.2) is 0 Å². The van der Waals surface area contributed by atoms with E-state index >= 15 is 0 Å². The lowest BCUT2D eigenvalue weighted by atomic mass is 9.97. The highest BCUT2D eigenvalue weighted by Crippen LogP contribution is 2.41. The van der Waals surface area contributed by atoms with E-state index in [4.69, 9.17) is 11.6 Å². The number of nitrogens with one attached hydrogen (secondary N) is 1. The summed E-state index contributed by atoms with van der Waals surface area (Å²) >= 11 is 8.04. The number of sulfonamides is 1. The molecule has 0 radical (unpaired) electrons. The molecule has 4 aromatic rings. The van der Waals surface area contributed by atoms with Crippen molar-refractivity contribution in [3.63, 3.8) is 0 Å². The second-order valence-corrected chi connectivity index (χ2v) is 12.7. The molecule has 2 N–H and O–H groups in total. The molecule has 0 bridgehead atoms. The van der Waals surface area contributed by atoms with Gasteiger partial charge in [-0.1, -0.05) is 48.0 Å². The van der Waals surface area contributed by atoms with Crippen LogP contribution in [-0.2, 0) is 15.6 Å². The number of fused-ring (bicyclic) bond motifs is 1. The van der Waals surface area contributed by atoms with Gasteiger partial charge in [-0.05, 0) is 67.5 Å². The van der Waals surface area contributed by atoms with Crippen LogP contribution in [-0.4, -0.2) is 23.8 Å². The molecule has 5 rings (SSSR count). The highest BCUT2D eigenvalue weighted by Gasteiger charge is 2.38. The van der Waals surface area contributed by atoms with Gasteiger partial charge in [-0.2, -0.15) is 0 Å². The van der Waals surface area contributed by atoms with Crippen molar-refractivity contribution in [3.8, 4) is 11.3 Å². The standard InChI is InChI=1S/C26H25ClN2O3S2/c1-26(2,30)17-12-13-28-22(15-17)20-8-5-6-16-14-23(33-25(16)20)24(19-7-3-4-9-21(19)27)29-34(31,32)18-10-11-18/h3-9,12-15,18,24,29-30H,10-11H2,1-2H3/t24-/m1/s1. The van der Waals surface area contributed by atoms with E-state index in [1.165, 1.54) is 11.3 Å². The van der Waals surface area contributed by atoms with Crippen LogP contribution < -0.4 is 4.72 Å². The summed E-state index contributed by atoms with van der Waals surface area (Å²) < 4.78 is 29.8. The maximum atomic E-state index is 12.9. The van der Waals surface area contributed by atoms with E-state index in [2.05, 4.69) is 9.71 Å². The second kappa shape index (κ2) is 8.73. The number of hydrogen-bond acceptors (Lipinski definition) is 5. The smallest absolute Gasteiger partial charge is 0.215 e. The molecule has 5 nitrogen and oxygen atoms in total. The largest absolute Gasteiger partial charge is 0.386 e.